The second-order valence-corrected chi connectivity index (χ2v) is 7.45. The van der Waals surface area contributed by atoms with Crippen LogP contribution in [0.3, 0.4) is 0 Å². The number of hydrogen-bond donors (Lipinski definition) is 1. The fraction of sp³-hybridized carbons (Fsp3) is 0.250. The Morgan fingerprint density at radius 1 is 1.33 bits per heavy atom. The van der Waals surface area contributed by atoms with Gasteiger partial charge in [-0.15, -0.1) is 0 Å². The summed E-state index contributed by atoms with van der Waals surface area (Å²) in [6, 6.07) is 8.57. The number of rotatable bonds is 3. The van der Waals surface area contributed by atoms with E-state index in [2.05, 4.69) is 10.1 Å². The lowest BCUT2D eigenvalue weighted by Gasteiger charge is -2.21. The van der Waals surface area contributed by atoms with Crippen molar-refractivity contribution in [3.05, 3.63) is 58.2 Å². The van der Waals surface area contributed by atoms with Gasteiger partial charge in [0, 0.05) is 11.9 Å². The summed E-state index contributed by atoms with van der Waals surface area (Å²) < 4.78 is 19.7. The van der Waals surface area contributed by atoms with Gasteiger partial charge >= 0.3 is 0 Å². The maximum atomic E-state index is 14.7. The van der Waals surface area contributed by atoms with Crippen molar-refractivity contribution >= 4 is 17.5 Å². The van der Waals surface area contributed by atoms with Crippen molar-refractivity contribution in [2.24, 2.45) is 5.73 Å². The van der Waals surface area contributed by atoms with Crippen molar-refractivity contribution in [1.29, 1.82) is 0 Å². The predicted molar refractivity (Wildman–Crippen MR) is 99.7 cm³/mol. The van der Waals surface area contributed by atoms with E-state index in [4.69, 9.17) is 21.9 Å². The number of carbonyl (C=O) groups excluding carboxylic acids is 1. The highest BCUT2D eigenvalue weighted by Crippen LogP contribution is 2.42. The van der Waals surface area contributed by atoms with Gasteiger partial charge in [0.05, 0.1) is 11.0 Å². The highest BCUT2D eigenvalue weighted by Gasteiger charge is 2.39. The zero-order valence-electron chi connectivity index (χ0n) is 14.8. The van der Waals surface area contributed by atoms with Gasteiger partial charge in [0.15, 0.2) is 0 Å². The first-order chi connectivity index (χ1) is 12.8. The van der Waals surface area contributed by atoms with E-state index in [0.29, 0.717) is 17.9 Å². The van der Waals surface area contributed by atoms with E-state index in [0.717, 1.165) is 23.1 Å². The molecule has 2 N–H and O–H groups in total. The molecular weight excluding hydrogens is 369 g/mol. The molecule has 7 heteroatoms. The molecule has 0 aliphatic heterocycles. The fourth-order valence-corrected chi connectivity index (χ4v) is 3.92. The number of primary amides is 1. The smallest absolute Gasteiger partial charge is 0.227 e. The van der Waals surface area contributed by atoms with Crippen molar-refractivity contribution < 1.29 is 13.7 Å². The molecule has 0 spiro atoms. The van der Waals surface area contributed by atoms with Crippen LogP contribution in [0.15, 0.2) is 34.9 Å². The lowest BCUT2D eigenvalue weighted by Crippen LogP contribution is -2.36. The number of benzene rings is 2. The van der Waals surface area contributed by atoms with Crippen LogP contribution in [0.5, 0.6) is 0 Å². The topological polar surface area (TPSA) is 82.0 Å². The summed E-state index contributed by atoms with van der Waals surface area (Å²) in [6.07, 6.45) is 1.38. The molecule has 0 saturated heterocycles. The Morgan fingerprint density at radius 2 is 2.11 bits per heavy atom. The van der Waals surface area contributed by atoms with Crippen molar-refractivity contribution in [1.82, 2.24) is 10.1 Å². The van der Waals surface area contributed by atoms with Crippen molar-refractivity contribution in [3.63, 3.8) is 0 Å². The number of nitrogens with zero attached hydrogens (tertiary/aromatic N) is 2. The molecule has 0 saturated carbocycles. The summed E-state index contributed by atoms with van der Waals surface area (Å²) >= 11 is 6.10. The van der Waals surface area contributed by atoms with Crippen LogP contribution in [0.25, 0.3) is 22.5 Å². The third kappa shape index (κ3) is 2.80. The van der Waals surface area contributed by atoms with Crippen LogP contribution in [0.2, 0.25) is 5.02 Å². The number of aryl methyl sites for hydroxylation is 2. The summed E-state index contributed by atoms with van der Waals surface area (Å²) in [4.78, 5) is 16.1. The van der Waals surface area contributed by atoms with Gasteiger partial charge in [0.1, 0.15) is 5.82 Å². The zero-order chi connectivity index (χ0) is 19.3. The maximum absolute atomic E-state index is 14.7. The Kier molecular flexibility index (Phi) is 4.03. The van der Waals surface area contributed by atoms with Gasteiger partial charge in [-0.1, -0.05) is 35.0 Å². The van der Waals surface area contributed by atoms with Crippen LogP contribution in [0.1, 0.15) is 30.4 Å². The van der Waals surface area contributed by atoms with Crippen LogP contribution >= 0.6 is 11.6 Å². The Bertz CT molecular complexity index is 1080. The summed E-state index contributed by atoms with van der Waals surface area (Å²) in [5, 5.41) is 4.12. The Hall–Kier alpha value is -2.73. The quantitative estimate of drug-likeness (QED) is 0.732. The van der Waals surface area contributed by atoms with Gasteiger partial charge in [-0.25, -0.2) is 4.39 Å². The molecule has 1 amide bonds. The first-order valence-corrected chi connectivity index (χ1v) is 8.91. The van der Waals surface area contributed by atoms with Gasteiger partial charge in [-0.05, 0) is 54.2 Å². The number of fused-ring (bicyclic) bond motifs is 1. The third-order valence-corrected chi connectivity index (χ3v) is 5.47. The van der Waals surface area contributed by atoms with Crippen LogP contribution in [-0.2, 0) is 16.6 Å². The van der Waals surface area contributed by atoms with Crippen molar-refractivity contribution in [2.75, 3.05) is 0 Å². The number of amides is 1. The van der Waals surface area contributed by atoms with Gasteiger partial charge in [-0.2, -0.15) is 4.98 Å². The number of halogens is 2. The number of hydrogen-bond acceptors (Lipinski definition) is 4. The Morgan fingerprint density at radius 3 is 2.78 bits per heavy atom. The first kappa shape index (κ1) is 17.7. The lowest BCUT2D eigenvalue weighted by atomic mass is 9.83. The summed E-state index contributed by atoms with van der Waals surface area (Å²) in [5.74, 6) is -0.359. The highest BCUT2D eigenvalue weighted by molar-refractivity contribution is 6.31. The molecule has 2 aromatic carbocycles. The molecule has 0 fully saturated rings. The number of aromatic nitrogens is 2. The van der Waals surface area contributed by atoms with E-state index >= 15 is 0 Å². The van der Waals surface area contributed by atoms with E-state index in [-0.39, 0.29) is 22.3 Å². The highest BCUT2D eigenvalue weighted by atomic mass is 35.5. The summed E-state index contributed by atoms with van der Waals surface area (Å²) in [5.41, 5.74) is 8.42. The van der Waals surface area contributed by atoms with Crippen molar-refractivity contribution in [2.45, 2.75) is 32.1 Å². The first-order valence-electron chi connectivity index (χ1n) is 8.53. The minimum atomic E-state index is -0.680. The maximum Gasteiger partial charge on any atom is 0.227 e. The molecule has 1 aliphatic carbocycles. The molecule has 4 rings (SSSR count). The van der Waals surface area contributed by atoms with Gasteiger partial charge in [0.2, 0.25) is 17.6 Å². The lowest BCUT2D eigenvalue weighted by molar-refractivity contribution is -0.122. The van der Waals surface area contributed by atoms with Gasteiger partial charge < -0.3 is 10.3 Å². The molecule has 138 valence electrons. The molecule has 1 atom stereocenters. The van der Waals surface area contributed by atoms with Gasteiger partial charge in [0.25, 0.3) is 0 Å². The second kappa shape index (κ2) is 6.16. The SMILES string of the molecule is Cc1nc(-c2c(F)cc(Cl)cc2-c2ccc3c(c2)CCC3(C)C(N)=O)no1. The Balaban J connectivity index is 1.89. The molecule has 0 radical (unpaired) electrons. The average molecular weight is 386 g/mol. The zero-order valence-corrected chi connectivity index (χ0v) is 15.6. The van der Waals surface area contributed by atoms with E-state index in [1.807, 2.05) is 25.1 Å². The molecular formula is C20H17ClFN3O2. The molecule has 5 nitrogen and oxygen atoms in total. The van der Waals surface area contributed by atoms with Crippen LogP contribution < -0.4 is 5.73 Å². The van der Waals surface area contributed by atoms with Crippen LogP contribution in [-0.4, -0.2) is 16.0 Å². The minimum absolute atomic E-state index is 0.166. The van der Waals surface area contributed by atoms with E-state index in [1.165, 1.54) is 6.07 Å². The van der Waals surface area contributed by atoms with E-state index in [1.54, 1.807) is 13.0 Å². The molecule has 1 aromatic heterocycles. The molecule has 1 aliphatic rings. The normalized spacial score (nSPS) is 18.5. The number of carbonyl (C=O) groups is 1. The fourth-order valence-electron chi connectivity index (χ4n) is 3.71. The molecule has 1 unspecified atom stereocenters. The summed E-state index contributed by atoms with van der Waals surface area (Å²) in [7, 11) is 0. The standard InChI is InChI=1S/C20H17ClFN3O2/c1-10-24-18(25-27-10)17-14(8-13(21)9-16(17)22)11-3-4-15-12(7-11)5-6-20(15,2)19(23)26/h3-4,7-9H,5-6H2,1-2H3,(H2,23,26). The number of nitrogens with two attached hydrogens (primary N) is 1. The van der Waals surface area contributed by atoms with Crippen LogP contribution in [0, 0.1) is 12.7 Å². The second-order valence-electron chi connectivity index (χ2n) is 7.02. The third-order valence-electron chi connectivity index (χ3n) is 5.26. The van der Waals surface area contributed by atoms with Crippen LogP contribution in [0.4, 0.5) is 4.39 Å². The summed E-state index contributed by atoms with van der Waals surface area (Å²) in [6.45, 7) is 3.50. The average Bonchev–Trinajstić information content (AvgIpc) is 3.18. The largest absolute Gasteiger partial charge is 0.369 e. The monoisotopic (exact) mass is 385 g/mol. The molecule has 1 heterocycles. The van der Waals surface area contributed by atoms with Gasteiger partial charge in [-0.3, -0.25) is 4.79 Å². The van der Waals surface area contributed by atoms with E-state index < -0.39 is 11.2 Å². The molecule has 27 heavy (non-hydrogen) atoms. The predicted octanol–water partition coefficient (Wildman–Crippen LogP) is 4.19. The molecule has 0 bridgehead atoms. The molecule has 3 aromatic rings. The van der Waals surface area contributed by atoms with E-state index in [9.17, 15) is 9.18 Å². The van der Waals surface area contributed by atoms with Crippen molar-refractivity contribution in [3.8, 4) is 22.5 Å². The minimum Gasteiger partial charge on any atom is -0.369 e. The Labute approximate surface area is 160 Å².